The Labute approximate surface area is 407 Å². The number of benzene rings is 11. The lowest BCUT2D eigenvalue weighted by Crippen LogP contribution is -1.97. The first-order valence-corrected chi connectivity index (χ1v) is 24.4. The Morgan fingerprint density at radius 3 is 0.620 bits per heavy atom. The molecule has 71 heavy (non-hydrogen) atoms. The Bertz CT molecular complexity index is 4480. The highest BCUT2D eigenvalue weighted by Gasteiger charge is 2.21. The smallest absolute Gasteiger partial charge is 0.0542 e. The summed E-state index contributed by atoms with van der Waals surface area (Å²) in [6.07, 6.45) is 0. The van der Waals surface area contributed by atoms with Crippen LogP contribution >= 0.6 is 0 Å². The Hall–Kier alpha value is -9.58. The van der Waals surface area contributed by atoms with Crippen LogP contribution in [0, 0.1) is 0 Å². The van der Waals surface area contributed by atoms with Crippen molar-refractivity contribution in [3.8, 4) is 28.4 Å². The molecule has 0 aliphatic carbocycles. The molecule has 11 aromatic carbocycles. The summed E-state index contributed by atoms with van der Waals surface area (Å²) < 4.78 is 12.2. The average molecular weight is 904 g/mol. The van der Waals surface area contributed by atoms with Crippen LogP contribution in [0.3, 0.4) is 0 Å². The number of rotatable bonds is 5. The van der Waals surface area contributed by atoms with E-state index in [-0.39, 0.29) is 0 Å². The van der Waals surface area contributed by atoms with Gasteiger partial charge in [0.15, 0.2) is 0 Å². The van der Waals surface area contributed by atoms with Gasteiger partial charge in [-0.1, -0.05) is 127 Å². The molecule has 330 valence electrons. The highest BCUT2D eigenvalue weighted by molar-refractivity contribution is 6.16. The minimum atomic E-state index is 1.13. The van der Waals surface area contributed by atoms with Crippen molar-refractivity contribution in [3.05, 3.63) is 249 Å². The van der Waals surface area contributed by atoms with Gasteiger partial charge in [0.05, 0.1) is 55.2 Å². The first-order chi connectivity index (χ1) is 35.2. The summed E-state index contributed by atoms with van der Waals surface area (Å²) in [6.45, 7) is 0. The zero-order chi connectivity index (χ0) is 46.3. The minimum Gasteiger partial charge on any atom is -0.309 e. The van der Waals surface area contributed by atoms with Gasteiger partial charge in [-0.05, 0) is 121 Å². The van der Waals surface area contributed by atoms with Crippen molar-refractivity contribution in [1.29, 1.82) is 0 Å². The van der Waals surface area contributed by atoms with E-state index in [9.17, 15) is 0 Å². The quantitative estimate of drug-likeness (QED) is 0.164. The number of fused-ring (bicyclic) bond motifs is 15. The van der Waals surface area contributed by atoms with E-state index in [1.807, 2.05) is 0 Å². The van der Waals surface area contributed by atoms with Crippen molar-refractivity contribution in [2.24, 2.45) is 0 Å². The van der Waals surface area contributed by atoms with E-state index in [0.717, 1.165) is 28.4 Å². The van der Waals surface area contributed by atoms with Crippen LogP contribution in [0.4, 0.5) is 0 Å². The van der Waals surface area contributed by atoms with Crippen LogP contribution in [-0.2, 0) is 0 Å². The topological polar surface area (TPSA) is 24.6 Å². The zero-order valence-corrected chi connectivity index (χ0v) is 38.4. The predicted octanol–water partition coefficient (Wildman–Crippen LogP) is 17.2. The Balaban J connectivity index is 0.910. The third-order valence-electron chi connectivity index (χ3n) is 15.3. The zero-order valence-electron chi connectivity index (χ0n) is 38.4. The largest absolute Gasteiger partial charge is 0.309 e. The second kappa shape index (κ2) is 14.5. The molecule has 0 aliphatic heterocycles. The van der Waals surface area contributed by atoms with E-state index in [4.69, 9.17) is 0 Å². The van der Waals surface area contributed by atoms with E-state index in [1.54, 1.807) is 0 Å². The number of aromatic nitrogens is 5. The molecule has 16 rings (SSSR count). The summed E-state index contributed by atoms with van der Waals surface area (Å²) in [7, 11) is 0. The van der Waals surface area contributed by atoms with Gasteiger partial charge in [-0.25, -0.2) is 0 Å². The number of para-hydroxylation sites is 7. The van der Waals surface area contributed by atoms with E-state index >= 15 is 0 Å². The average Bonchev–Trinajstić information content (AvgIpc) is 4.22. The van der Waals surface area contributed by atoms with E-state index in [2.05, 4.69) is 272 Å². The van der Waals surface area contributed by atoms with Crippen molar-refractivity contribution in [3.63, 3.8) is 0 Å². The molecule has 5 aromatic heterocycles. The van der Waals surface area contributed by atoms with Gasteiger partial charge >= 0.3 is 0 Å². The lowest BCUT2D eigenvalue weighted by Gasteiger charge is -2.11. The maximum Gasteiger partial charge on any atom is 0.0542 e. The van der Waals surface area contributed by atoms with Gasteiger partial charge in [0.1, 0.15) is 0 Å². The molecule has 0 N–H and O–H groups in total. The SMILES string of the molecule is c1ccc(-n2c3ccc(-n4c5ccccc5c5cc(-n6c7ccccc7c7ccccc76)ccc54)cc3c3cc(-n4c5ccccc5c5cc(-n6c7ccccc7c7ccccc76)ccc54)ccc32)cc1. The van der Waals surface area contributed by atoms with E-state index in [0.29, 0.717) is 0 Å². The van der Waals surface area contributed by atoms with Crippen molar-refractivity contribution < 1.29 is 0 Å². The summed E-state index contributed by atoms with van der Waals surface area (Å²) in [5.41, 5.74) is 17.6. The molecular formula is C66H41N5. The molecule has 0 saturated carbocycles. The second-order valence-electron chi connectivity index (χ2n) is 18.9. The number of hydrogen-bond donors (Lipinski definition) is 0. The molecule has 16 aromatic rings. The maximum absolute atomic E-state index is 2.46. The van der Waals surface area contributed by atoms with Gasteiger partial charge in [0.2, 0.25) is 0 Å². The summed E-state index contributed by atoms with van der Waals surface area (Å²) >= 11 is 0. The van der Waals surface area contributed by atoms with E-state index < -0.39 is 0 Å². The molecule has 0 bridgehead atoms. The van der Waals surface area contributed by atoms with E-state index in [1.165, 1.54) is 109 Å². The lowest BCUT2D eigenvalue weighted by atomic mass is 10.1. The molecule has 5 heteroatoms. The standard InChI is InChI=1S/C66H41N5/c1-2-16-42(17-3-1)67-65-36-32-45(70-61-28-14-8-22-51(61)53-38-43(30-34-63(53)70)68-57-24-10-4-18-47(57)48-19-5-11-25-58(48)68)40-55(65)56-41-46(33-37-66(56)67)71-62-29-15-9-23-52(62)54-39-44(31-35-64(54)71)69-59-26-12-6-20-49(59)50-21-7-13-27-60(50)69/h1-41H. The third-order valence-corrected chi connectivity index (χ3v) is 15.3. The predicted molar refractivity (Wildman–Crippen MR) is 298 cm³/mol. The summed E-state index contributed by atoms with van der Waals surface area (Å²) in [6, 6.07) is 91.6. The molecule has 0 saturated heterocycles. The highest BCUT2D eigenvalue weighted by Crippen LogP contribution is 2.42. The Morgan fingerprint density at radius 1 is 0.141 bits per heavy atom. The maximum atomic E-state index is 2.46. The van der Waals surface area contributed by atoms with Crippen LogP contribution in [0.15, 0.2) is 249 Å². The van der Waals surface area contributed by atoms with Gasteiger partial charge in [0, 0.05) is 82.3 Å². The van der Waals surface area contributed by atoms with Gasteiger partial charge in [-0.3, -0.25) is 0 Å². The molecule has 0 radical (unpaired) electrons. The molecule has 0 atom stereocenters. The molecule has 0 unspecified atom stereocenters. The van der Waals surface area contributed by atoms with Gasteiger partial charge < -0.3 is 22.8 Å². The molecule has 0 spiro atoms. The van der Waals surface area contributed by atoms with Crippen LogP contribution in [0.25, 0.3) is 137 Å². The summed E-state index contributed by atoms with van der Waals surface area (Å²) in [5, 5.41) is 12.4. The highest BCUT2D eigenvalue weighted by atomic mass is 15.0. The molecular weight excluding hydrogens is 863 g/mol. The lowest BCUT2D eigenvalue weighted by molar-refractivity contribution is 1.15. The molecule has 5 heterocycles. The normalized spacial score (nSPS) is 12.2. The first kappa shape index (κ1) is 38.4. The second-order valence-corrected chi connectivity index (χ2v) is 18.9. The van der Waals surface area contributed by atoms with Crippen LogP contribution < -0.4 is 0 Å². The Kier molecular flexibility index (Phi) is 7.82. The van der Waals surface area contributed by atoms with Crippen molar-refractivity contribution in [2.75, 3.05) is 0 Å². The molecule has 0 aliphatic rings. The molecule has 5 nitrogen and oxygen atoms in total. The number of hydrogen-bond acceptors (Lipinski definition) is 0. The summed E-state index contributed by atoms with van der Waals surface area (Å²) in [4.78, 5) is 0. The fraction of sp³-hybridized carbons (Fsp3) is 0. The number of nitrogens with zero attached hydrogens (tertiary/aromatic N) is 5. The first-order valence-electron chi connectivity index (χ1n) is 24.4. The van der Waals surface area contributed by atoms with Gasteiger partial charge in [-0.15, -0.1) is 0 Å². The molecule has 0 amide bonds. The Morgan fingerprint density at radius 2 is 0.338 bits per heavy atom. The van der Waals surface area contributed by atoms with Crippen LogP contribution in [0.2, 0.25) is 0 Å². The monoisotopic (exact) mass is 903 g/mol. The fourth-order valence-electron chi connectivity index (χ4n) is 12.3. The van der Waals surface area contributed by atoms with Crippen molar-refractivity contribution >= 4 is 109 Å². The van der Waals surface area contributed by atoms with Crippen molar-refractivity contribution in [1.82, 2.24) is 22.8 Å². The molecule has 0 fully saturated rings. The summed E-state index contributed by atoms with van der Waals surface area (Å²) in [5.74, 6) is 0. The van der Waals surface area contributed by atoms with Gasteiger partial charge in [0.25, 0.3) is 0 Å². The third kappa shape index (κ3) is 5.34. The fourth-order valence-corrected chi connectivity index (χ4v) is 12.3. The van der Waals surface area contributed by atoms with Crippen LogP contribution in [0.5, 0.6) is 0 Å². The van der Waals surface area contributed by atoms with Gasteiger partial charge in [-0.2, -0.15) is 0 Å². The minimum absolute atomic E-state index is 1.13. The van der Waals surface area contributed by atoms with Crippen LogP contribution in [-0.4, -0.2) is 22.8 Å². The van der Waals surface area contributed by atoms with Crippen molar-refractivity contribution in [2.45, 2.75) is 0 Å². The van der Waals surface area contributed by atoms with Crippen LogP contribution in [0.1, 0.15) is 0 Å².